The Morgan fingerprint density at radius 3 is 2.38 bits per heavy atom. The van der Waals surface area contributed by atoms with E-state index in [1.54, 1.807) is 0 Å². The largest absolute Gasteiger partial charge is 0.497 e. The smallest absolute Gasteiger partial charge is 0.421 e. The maximum absolute atomic E-state index is 12.6. The predicted molar refractivity (Wildman–Crippen MR) is 146 cm³/mol. The van der Waals surface area contributed by atoms with Crippen LogP contribution in [0.2, 0.25) is 0 Å². The zero-order valence-electron chi connectivity index (χ0n) is 23.6. The highest BCUT2D eigenvalue weighted by Gasteiger charge is 2.62. The summed E-state index contributed by atoms with van der Waals surface area (Å²) in [7, 11) is -2.55. The number of fused-ring (bicyclic) bond motifs is 5. The van der Waals surface area contributed by atoms with Crippen LogP contribution in [0.25, 0.3) is 0 Å². The number of aliphatic hydroxyl groups is 2. The fourth-order valence-corrected chi connectivity index (χ4v) is 10.3. The molecule has 4 aliphatic rings. The number of amides is 1. The quantitative estimate of drug-likeness (QED) is 0.457. The molecular weight excluding hydrogens is 518 g/mol. The van der Waals surface area contributed by atoms with E-state index in [2.05, 4.69) is 20.8 Å². The maximum Gasteiger partial charge on any atom is 0.421 e. The summed E-state index contributed by atoms with van der Waals surface area (Å²) in [6, 6.07) is 5.81. The lowest BCUT2D eigenvalue weighted by Crippen LogP contribution is -2.58. The van der Waals surface area contributed by atoms with E-state index in [1.807, 2.05) is 4.72 Å². The molecule has 4 fully saturated rings. The summed E-state index contributed by atoms with van der Waals surface area (Å²) >= 11 is 0. The van der Waals surface area contributed by atoms with Crippen LogP contribution in [-0.4, -0.2) is 50.6 Å². The van der Waals surface area contributed by atoms with Gasteiger partial charge < -0.3 is 19.7 Å². The number of hydrogen-bond donors (Lipinski definition) is 3. The highest BCUT2D eigenvalue weighted by Crippen LogP contribution is 2.68. The van der Waals surface area contributed by atoms with Gasteiger partial charge in [0.15, 0.2) is 0 Å². The summed E-state index contributed by atoms with van der Waals surface area (Å²) in [6.07, 6.45) is 6.22. The average molecular weight is 564 g/mol. The lowest BCUT2D eigenvalue weighted by Gasteiger charge is -2.62. The second kappa shape index (κ2) is 10.5. The molecule has 3 N–H and O–H groups in total. The molecule has 4 saturated carbocycles. The number of sulfonamides is 1. The lowest BCUT2D eigenvalue weighted by molar-refractivity contribution is -0.174. The Labute approximate surface area is 232 Å². The van der Waals surface area contributed by atoms with Crippen molar-refractivity contribution in [1.29, 1.82) is 0 Å². The summed E-state index contributed by atoms with van der Waals surface area (Å²) in [6.45, 7) is 7.01. The molecule has 0 aliphatic heterocycles. The van der Waals surface area contributed by atoms with Crippen molar-refractivity contribution in [3.8, 4) is 5.75 Å². The number of ether oxygens (including phenoxy) is 2. The van der Waals surface area contributed by atoms with Gasteiger partial charge in [0.1, 0.15) is 5.75 Å². The third kappa shape index (κ3) is 5.08. The zero-order chi connectivity index (χ0) is 28.2. The minimum Gasteiger partial charge on any atom is -0.497 e. The normalized spacial score (nSPS) is 40.5. The summed E-state index contributed by atoms with van der Waals surface area (Å²) in [5.74, 6) is 2.49. The van der Waals surface area contributed by atoms with Crippen molar-refractivity contribution in [2.75, 3.05) is 13.7 Å². The highest BCUT2D eigenvalue weighted by molar-refractivity contribution is 7.90. The van der Waals surface area contributed by atoms with E-state index in [0.29, 0.717) is 29.4 Å². The van der Waals surface area contributed by atoms with Gasteiger partial charge in [0.2, 0.25) is 0 Å². The molecule has 1 aromatic rings. The van der Waals surface area contributed by atoms with Gasteiger partial charge in [0, 0.05) is 0 Å². The van der Waals surface area contributed by atoms with Crippen molar-refractivity contribution in [3.05, 3.63) is 24.3 Å². The van der Waals surface area contributed by atoms with E-state index >= 15 is 0 Å². The first-order valence-electron chi connectivity index (χ1n) is 14.6. The van der Waals surface area contributed by atoms with Crippen LogP contribution in [0, 0.1) is 46.3 Å². The van der Waals surface area contributed by atoms with E-state index in [1.165, 1.54) is 31.4 Å². The minimum absolute atomic E-state index is 0.0364. The number of nitrogens with one attached hydrogen (secondary N) is 1. The molecule has 8 nitrogen and oxygen atoms in total. The summed E-state index contributed by atoms with van der Waals surface area (Å²) in [4.78, 5) is 12.4. The molecule has 218 valence electrons. The van der Waals surface area contributed by atoms with E-state index in [9.17, 15) is 23.4 Å². The van der Waals surface area contributed by atoms with Crippen LogP contribution >= 0.6 is 0 Å². The van der Waals surface area contributed by atoms with Crippen LogP contribution in [0.15, 0.2) is 29.2 Å². The molecule has 0 radical (unpaired) electrons. The molecule has 0 bridgehead atoms. The molecule has 5 rings (SSSR count). The first kappa shape index (κ1) is 28.7. The highest BCUT2D eigenvalue weighted by atomic mass is 32.2. The number of carbonyl (C=O) groups excluding carboxylic acids is 1. The number of methoxy groups -OCH3 is 1. The van der Waals surface area contributed by atoms with Crippen LogP contribution in [0.1, 0.15) is 72.1 Å². The molecule has 39 heavy (non-hydrogen) atoms. The second-order valence-electron chi connectivity index (χ2n) is 13.3. The second-order valence-corrected chi connectivity index (χ2v) is 15.0. The van der Waals surface area contributed by atoms with E-state index in [4.69, 9.17) is 9.47 Å². The monoisotopic (exact) mass is 563 g/mol. The van der Waals surface area contributed by atoms with Crippen molar-refractivity contribution in [3.63, 3.8) is 0 Å². The van der Waals surface area contributed by atoms with Gasteiger partial charge in [-0.1, -0.05) is 20.8 Å². The molecule has 0 unspecified atom stereocenters. The molecule has 0 aromatic heterocycles. The first-order valence-corrected chi connectivity index (χ1v) is 16.1. The van der Waals surface area contributed by atoms with Gasteiger partial charge >= 0.3 is 6.09 Å². The number of aliphatic hydroxyl groups excluding tert-OH is 2. The summed E-state index contributed by atoms with van der Waals surface area (Å²) in [5.41, 5.74) is 0.235. The number of benzene rings is 1. The van der Waals surface area contributed by atoms with Crippen LogP contribution in [-0.2, 0) is 14.8 Å². The van der Waals surface area contributed by atoms with Crippen molar-refractivity contribution in [1.82, 2.24) is 4.72 Å². The van der Waals surface area contributed by atoms with Gasteiger partial charge in [0.25, 0.3) is 10.0 Å². The van der Waals surface area contributed by atoms with Crippen LogP contribution in [0.5, 0.6) is 5.75 Å². The predicted octanol–water partition coefficient (Wildman–Crippen LogP) is 4.74. The van der Waals surface area contributed by atoms with Crippen LogP contribution in [0.3, 0.4) is 0 Å². The third-order valence-electron chi connectivity index (χ3n) is 11.5. The van der Waals surface area contributed by atoms with E-state index in [-0.39, 0.29) is 46.4 Å². The fourth-order valence-electron chi connectivity index (χ4n) is 9.45. The molecule has 0 heterocycles. The molecule has 0 saturated heterocycles. The Balaban J connectivity index is 1.22. The lowest BCUT2D eigenvalue weighted by atomic mass is 9.43. The number of carbonyl (C=O) groups is 1. The molecule has 9 heteroatoms. The van der Waals surface area contributed by atoms with Crippen molar-refractivity contribution >= 4 is 16.1 Å². The Bertz CT molecular complexity index is 1160. The Morgan fingerprint density at radius 1 is 1.03 bits per heavy atom. The van der Waals surface area contributed by atoms with Gasteiger partial charge in [-0.05, 0) is 122 Å². The zero-order valence-corrected chi connectivity index (χ0v) is 24.5. The Morgan fingerprint density at radius 2 is 1.69 bits per heavy atom. The van der Waals surface area contributed by atoms with Crippen LogP contribution < -0.4 is 9.46 Å². The molecule has 0 spiro atoms. The first-order chi connectivity index (χ1) is 18.4. The van der Waals surface area contributed by atoms with Gasteiger partial charge in [-0.25, -0.2) is 17.9 Å². The number of hydrogen-bond acceptors (Lipinski definition) is 7. The van der Waals surface area contributed by atoms with Crippen LogP contribution in [0.4, 0.5) is 4.79 Å². The summed E-state index contributed by atoms with van der Waals surface area (Å²) in [5, 5.41) is 21.7. The fraction of sp³-hybridized carbons (Fsp3) is 0.767. The average Bonchev–Trinajstić information content (AvgIpc) is 3.25. The van der Waals surface area contributed by atoms with Crippen molar-refractivity contribution in [2.45, 2.75) is 89.2 Å². The van der Waals surface area contributed by atoms with Gasteiger partial charge in [-0.2, -0.15) is 0 Å². The van der Waals surface area contributed by atoms with E-state index < -0.39 is 16.1 Å². The minimum atomic E-state index is -4.04. The van der Waals surface area contributed by atoms with Gasteiger partial charge in [-0.15, -0.1) is 0 Å². The van der Waals surface area contributed by atoms with Gasteiger partial charge in [-0.3, -0.25) is 0 Å². The van der Waals surface area contributed by atoms with Crippen molar-refractivity contribution < 1.29 is 32.9 Å². The molecule has 4 aliphatic carbocycles. The standard InChI is InChI=1S/C30H45NO7S/c1-18(17-38-28(34)31-39(35,36)22-7-5-21(37-4)6-8-22)23-9-10-24-27-25(12-14-30(23,24)3)29(2)13-11-20(32)15-19(29)16-26(27)33/h5-8,18-20,23-27,32-33H,9-17H2,1-4H3,(H,31,34)/t18-,19+,20-,23-,24+,25+,26-,27+,29+,30-/m1/s1. The Hall–Kier alpha value is -1.84. The summed E-state index contributed by atoms with van der Waals surface area (Å²) < 4.78 is 37.7. The van der Waals surface area contributed by atoms with Crippen molar-refractivity contribution in [2.24, 2.45) is 46.3 Å². The van der Waals surface area contributed by atoms with Gasteiger partial charge in [0.05, 0.1) is 30.8 Å². The topological polar surface area (TPSA) is 122 Å². The maximum atomic E-state index is 12.6. The number of rotatable bonds is 6. The molecular formula is C30H45NO7S. The third-order valence-corrected chi connectivity index (χ3v) is 12.8. The Kier molecular flexibility index (Phi) is 7.74. The van der Waals surface area contributed by atoms with E-state index in [0.717, 1.165) is 51.4 Å². The molecule has 1 aromatic carbocycles. The molecule has 10 atom stereocenters. The SMILES string of the molecule is COc1ccc(S(=O)(=O)NC(=O)OC[C@@H](C)[C@H]2CC[C@H]3[C@@H]4[C@H](O)C[C@@H]5C[C@H](O)CC[C@]5(C)[C@H]4CC[C@]23C)cc1. The molecule has 1 amide bonds.